The van der Waals surface area contributed by atoms with E-state index < -0.39 is 11.6 Å². The Bertz CT molecular complexity index is 157. The second-order valence-electron chi connectivity index (χ2n) is 3.03. The number of carbonyl (C=O) groups is 1. The molecule has 1 aliphatic heterocycles. The standard InChI is InChI=1S/C7H12O3/c1-4(2)7(9)5(3)10-6(7)8/h4-5,9H,1-3H3. The molecule has 0 radical (unpaired) electrons. The number of cyclic esters (lactones) is 1. The Labute approximate surface area is 60.0 Å². The fraction of sp³-hybridized carbons (Fsp3) is 0.857. The maximum Gasteiger partial charge on any atom is 0.342 e. The molecule has 0 aliphatic carbocycles. The summed E-state index contributed by atoms with van der Waals surface area (Å²) in [5.74, 6) is -0.557. The lowest BCUT2D eigenvalue weighted by Crippen LogP contribution is -2.64. The van der Waals surface area contributed by atoms with Crippen molar-refractivity contribution >= 4 is 5.97 Å². The van der Waals surface area contributed by atoms with E-state index in [1.807, 2.05) is 0 Å². The molecule has 0 aromatic rings. The topological polar surface area (TPSA) is 46.5 Å². The van der Waals surface area contributed by atoms with Crippen LogP contribution in [0.15, 0.2) is 0 Å². The molecule has 1 aliphatic rings. The molecule has 58 valence electrons. The summed E-state index contributed by atoms with van der Waals surface area (Å²) in [6.45, 7) is 5.30. The van der Waals surface area contributed by atoms with E-state index in [9.17, 15) is 9.90 Å². The summed E-state index contributed by atoms with van der Waals surface area (Å²) in [5.41, 5.74) is -1.22. The molecular weight excluding hydrogens is 132 g/mol. The number of rotatable bonds is 1. The van der Waals surface area contributed by atoms with E-state index in [0.717, 1.165) is 0 Å². The minimum Gasteiger partial charge on any atom is -0.457 e. The summed E-state index contributed by atoms with van der Waals surface area (Å²) in [5, 5.41) is 9.55. The first-order chi connectivity index (χ1) is 4.49. The maximum absolute atomic E-state index is 10.7. The largest absolute Gasteiger partial charge is 0.457 e. The quantitative estimate of drug-likeness (QED) is 0.539. The van der Waals surface area contributed by atoms with Gasteiger partial charge in [-0.1, -0.05) is 13.8 Å². The van der Waals surface area contributed by atoms with Gasteiger partial charge in [-0.05, 0) is 12.8 Å². The van der Waals surface area contributed by atoms with E-state index in [1.165, 1.54) is 0 Å². The van der Waals surface area contributed by atoms with Gasteiger partial charge in [0.15, 0.2) is 0 Å². The minimum atomic E-state index is -1.22. The summed E-state index contributed by atoms with van der Waals surface area (Å²) in [7, 11) is 0. The molecule has 2 unspecified atom stereocenters. The summed E-state index contributed by atoms with van der Waals surface area (Å²) in [4.78, 5) is 10.7. The summed E-state index contributed by atoms with van der Waals surface area (Å²) < 4.78 is 4.63. The molecule has 0 spiro atoms. The van der Waals surface area contributed by atoms with Crippen LogP contribution in [0.4, 0.5) is 0 Å². The Kier molecular flexibility index (Phi) is 1.47. The zero-order valence-corrected chi connectivity index (χ0v) is 6.42. The van der Waals surface area contributed by atoms with Gasteiger partial charge in [-0.25, -0.2) is 4.79 Å². The number of aliphatic hydroxyl groups is 1. The first-order valence-electron chi connectivity index (χ1n) is 3.43. The fourth-order valence-electron chi connectivity index (χ4n) is 1.16. The van der Waals surface area contributed by atoms with Crippen LogP contribution in [0.25, 0.3) is 0 Å². The van der Waals surface area contributed by atoms with Crippen molar-refractivity contribution in [2.45, 2.75) is 32.5 Å². The van der Waals surface area contributed by atoms with E-state index in [-0.39, 0.29) is 12.0 Å². The molecule has 0 saturated carbocycles. The molecule has 0 amide bonds. The Morgan fingerprint density at radius 3 is 2.30 bits per heavy atom. The van der Waals surface area contributed by atoms with Gasteiger partial charge < -0.3 is 9.84 Å². The van der Waals surface area contributed by atoms with E-state index in [0.29, 0.717) is 0 Å². The highest BCUT2D eigenvalue weighted by atomic mass is 16.6. The fourth-order valence-corrected chi connectivity index (χ4v) is 1.16. The molecule has 1 fully saturated rings. The molecule has 1 saturated heterocycles. The van der Waals surface area contributed by atoms with Crippen LogP contribution in [-0.2, 0) is 9.53 Å². The Hall–Kier alpha value is -0.570. The van der Waals surface area contributed by atoms with Crippen molar-refractivity contribution in [2.75, 3.05) is 0 Å². The number of carbonyl (C=O) groups excluding carboxylic acids is 1. The lowest BCUT2D eigenvalue weighted by atomic mass is 9.81. The minimum absolute atomic E-state index is 0.0660. The van der Waals surface area contributed by atoms with Crippen molar-refractivity contribution < 1.29 is 14.6 Å². The van der Waals surface area contributed by atoms with Gasteiger partial charge in [0.05, 0.1) is 0 Å². The summed E-state index contributed by atoms with van der Waals surface area (Å²) in [6.07, 6.45) is -0.347. The SMILES string of the molecule is CC(C)C1(O)C(=O)OC1C. The van der Waals surface area contributed by atoms with Crippen molar-refractivity contribution in [1.29, 1.82) is 0 Å². The predicted octanol–water partition coefficient (Wildman–Crippen LogP) is 0.319. The summed E-state index contributed by atoms with van der Waals surface area (Å²) >= 11 is 0. The maximum atomic E-state index is 10.7. The average Bonchev–Trinajstić information content (AvgIpc) is 1.86. The van der Waals surface area contributed by atoms with Gasteiger partial charge in [0, 0.05) is 0 Å². The number of ether oxygens (including phenoxy) is 1. The highest BCUT2D eigenvalue weighted by Crippen LogP contribution is 2.33. The number of hydrogen-bond acceptors (Lipinski definition) is 3. The molecule has 0 aromatic heterocycles. The lowest BCUT2D eigenvalue weighted by molar-refractivity contribution is -0.235. The van der Waals surface area contributed by atoms with Crippen molar-refractivity contribution in [3.8, 4) is 0 Å². The molecule has 3 nitrogen and oxygen atoms in total. The molecule has 2 atom stereocenters. The average molecular weight is 144 g/mol. The second kappa shape index (κ2) is 1.95. The number of hydrogen-bond donors (Lipinski definition) is 1. The van der Waals surface area contributed by atoms with Crippen molar-refractivity contribution in [3.05, 3.63) is 0 Å². The molecule has 1 N–H and O–H groups in total. The van der Waals surface area contributed by atoms with Crippen molar-refractivity contribution in [3.63, 3.8) is 0 Å². The molecule has 1 heterocycles. The van der Waals surface area contributed by atoms with E-state index in [4.69, 9.17) is 0 Å². The third-order valence-corrected chi connectivity index (χ3v) is 2.11. The van der Waals surface area contributed by atoms with Gasteiger partial charge in [-0.2, -0.15) is 0 Å². The Morgan fingerprint density at radius 2 is 2.20 bits per heavy atom. The molecule has 1 rings (SSSR count). The van der Waals surface area contributed by atoms with Gasteiger partial charge in [-0.3, -0.25) is 0 Å². The normalized spacial score (nSPS) is 39.3. The molecule has 0 bridgehead atoms. The zero-order chi connectivity index (χ0) is 7.94. The monoisotopic (exact) mass is 144 g/mol. The van der Waals surface area contributed by atoms with Gasteiger partial charge in [-0.15, -0.1) is 0 Å². The lowest BCUT2D eigenvalue weighted by Gasteiger charge is -2.43. The summed E-state index contributed by atoms with van der Waals surface area (Å²) in [6, 6.07) is 0. The predicted molar refractivity (Wildman–Crippen MR) is 35.3 cm³/mol. The third kappa shape index (κ3) is 0.669. The highest BCUT2D eigenvalue weighted by Gasteiger charge is 2.56. The number of esters is 1. The van der Waals surface area contributed by atoms with Gasteiger partial charge in [0.1, 0.15) is 6.10 Å². The van der Waals surface area contributed by atoms with E-state index in [1.54, 1.807) is 20.8 Å². The van der Waals surface area contributed by atoms with Crippen LogP contribution in [0, 0.1) is 5.92 Å². The van der Waals surface area contributed by atoms with Gasteiger partial charge in [0.25, 0.3) is 0 Å². The first-order valence-corrected chi connectivity index (χ1v) is 3.43. The van der Waals surface area contributed by atoms with Gasteiger partial charge >= 0.3 is 5.97 Å². The smallest absolute Gasteiger partial charge is 0.342 e. The molecule has 10 heavy (non-hydrogen) atoms. The zero-order valence-electron chi connectivity index (χ0n) is 6.42. The van der Waals surface area contributed by atoms with Crippen LogP contribution in [0.2, 0.25) is 0 Å². The Balaban J connectivity index is 2.75. The van der Waals surface area contributed by atoms with Crippen molar-refractivity contribution in [2.24, 2.45) is 5.92 Å². The molecule has 0 aromatic carbocycles. The first kappa shape index (κ1) is 7.54. The van der Waals surface area contributed by atoms with Crippen LogP contribution >= 0.6 is 0 Å². The van der Waals surface area contributed by atoms with Crippen LogP contribution in [0.3, 0.4) is 0 Å². The third-order valence-electron chi connectivity index (χ3n) is 2.11. The van der Waals surface area contributed by atoms with E-state index >= 15 is 0 Å². The van der Waals surface area contributed by atoms with Crippen molar-refractivity contribution in [1.82, 2.24) is 0 Å². The molecule has 3 heteroatoms. The van der Waals surface area contributed by atoms with Crippen LogP contribution in [0.5, 0.6) is 0 Å². The van der Waals surface area contributed by atoms with Crippen LogP contribution in [-0.4, -0.2) is 22.8 Å². The Morgan fingerprint density at radius 1 is 1.70 bits per heavy atom. The second-order valence-corrected chi connectivity index (χ2v) is 3.03. The van der Waals surface area contributed by atoms with Crippen LogP contribution < -0.4 is 0 Å². The van der Waals surface area contributed by atoms with Crippen LogP contribution in [0.1, 0.15) is 20.8 Å². The highest BCUT2D eigenvalue weighted by molar-refractivity contribution is 5.85. The van der Waals surface area contributed by atoms with E-state index in [2.05, 4.69) is 4.74 Å². The molecular formula is C7H12O3. The van der Waals surface area contributed by atoms with Gasteiger partial charge in [0.2, 0.25) is 5.60 Å².